The number of likely N-dealkylation sites (N-methyl/N-ethyl adjacent to an activating group) is 1. The number of anilines is 1. The SMILES string of the molecule is C=CCCC(=O)N(C)[C@H](C)[C@H](OC(=O)[C@@H]1[C@H]2C(=O)N([C@@H](CO)CC(C)C)[C@H](C(=O)N(CC=C)c3ccc(Cl)cc3)[C@]23CC[C@H]1O3)c1ccccc1. The van der Waals surface area contributed by atoms with Crippen molar-refractivity contribution in [3.05, 3.63) is 90.5 Å². The summed E-state index contributed by atoms with van der Waals surface area (Å²) in [5, 5.41) is 11.2. The summed E-state index contributed by atoms with van der Waals surface area (Å²) in [4.78, 5) is 61.8. The molecular formula is C40H50ClN3O7. The van der Waals surface area contributed by atoms with Crippen LogP contribution in [0.4, 0.5) is 5.69 Å². The van der Waals surface area contributed by atoms with Gasteiger partial charge in [0.15, 0.2) is 0 Å². The maximum absolute atomic E-state index is 14.9. The Morgan fingerprint density at radius 1 is 1.10 bits per heavy atom. The molecule has 5 rings (SSSR count). The number of ether oxygens (including phenoxy) is 2. The smallest absolute Gasteiger partial charge is 0.313 e. The normalized spacial score (nSPS) is 25.2. The number of likely N-dealkylation sites (tertiary alicyclic amines) is 1. The van der Waals surface area contributed by atoms with Gasteiger partial charge in [0, 0.05) is 30.7 Å². The summed E-state index contributed by atoms with van der Waals surface area (Å²) in [6.07, 6.45) is 3.86. The van der Waals surface area contributed by atoms with Crippen LogP contribution in [0.2, 0.25) is 5.02 Å². The van der Waals surface area contributed by atoms with Crippen LogP contribution in [-0.4, -0.2) is 88.6 Å². The van der Waals surface area contributed by atoms with Gasteiger partial charge in [-0.15, -0.1) is 13.2 Å². The molecule has 0 saturated carbocycles. The minimum absolute atomic E-state index is 0.0986. The van der Waals surface area contributed by atoms with E-state index < -0.39 is 59.6 Å². The van der Waals surface area contributed by atoms with E-state index in [0.29, 0.717) is 42.0 Å². The highest BCUT2D eigenvalue weighted by molar-refractivity contribution is 6.30. The van der Waals surface area contributed by atoms with Crippen LogP contribution >= 0.6 is 11.6 Å². The number of allylic oxidation sites excluding steroid dienone is 1. The summed E-state index contributed by atoms with van der Waals surface area (Å²) >= 11 is 6.18. The van der Waals surface area contributed by atoms with E-state index in [-0.39, 0.29) is 37.3 Å². The summed E-state index contributed by atoms with van der Waals surface area (Å²) in [6.45, 7) is 13.2. The third-order valence-corrected chi connectivity index (χ3v) is 10.9. The predicted molar refractivity (Wildman–Crippen MR) is 196 cm³/mol. The third-order valence-electron chi connectivity index (χ3n) is 10.7. The molecule has 2 aromatic rings. The largest absolute Gasteiger partial charge is 0.455 e. The number of benzene rings is 2. The second-order valence-corrected chi connectivity index (χ2v) is 14.8. The van der Waals surface area contributed by atoms with Crippen molar-refractivity contribution >= 4 is 41.0 Å². The molecule has 8 atom stereocenters. The Morgan fingerprint density at radius 2 is 1.78 bits per heavy atom. The van der Waals surface area contributed by atoms with Crippen LogP contribution in [0.1, 0.15) is 64.5 Å². The van der Waals surface area contributed by atoms with Gasteiger partial charge in [-0.3, -0.25) is 19.2 Å². The Kier molecular flexibility index (Phi) is 12.1. The summed E-state index contributed by atoms with van der Waals surface area (Å²) in [7, 11) is 1.68. The van der Waals surface area contributed by atoms with E-state index in [1.807, 2.05) is 51.1 Å². The lowest BCUT2D eigenvalue weighted by molar-refractivity contribution is -0.165. The van der Waals surface area contributed by atoms with Gasteiger partial charge >= 0.3 is 5.97 Å². The molecule has 3 aliphatic rings. The molecule has 3 aliphatic heterocycles. The summed E-state index contributed by atoms with van der Waals surface area (Å²) in [5.74, 6) is -3.43. The fourth-order valence-electron chi connectivity index (χ4n) is 8.20. The quantitative estimate of drug-likeness (QED) is 0.174. The predicted octanol–water partition coefficient (Wildman–Crippen LogP) is 5.74. The molecule has 10 nitrogen and oxygen atoms in total. The van der Waals surface area contributed by atoms with Crippen LogP contribution < -0.4 is 4.90 Å². The molecule has 3 heterocycles. The molecule has 1 spiro atoms. The van der Waals surface area contributed by atoms with Crippen LogP contribution in [0.25, 0.3) is 0 Å². The second kappa shape index (κ2) is 16.1. The van der Waals surface area contributed by atoms with Gasteiger partial charge in [0.2, 0.25) is 11.8 Å². The Balaban J connectivity index is 1.53. The number of esters is 1. The molecule has 11 heteroatoms. The van der Waals surface area contributed by atoms with Crippen molar-refractivity contribution in [1.29, 1.82) is 0 Å². The molecule has 51 heavy (non-hydrogen) atoms. The topological polar surface area (TPSA) is 117 Å². The van der Waals surface area contributed by atoms with E-state index in [1.54, 1.807) is 53.3 Å². The highest BCUT2D eigenvalue weighted by Crippen LogP contribution is 2.59. The van der Waals surface area contributed by atoms with E-state index in [0.717, 1.165) is 0 Å². The van der Waals surface area contributed by atoms with Crippen molar-refractivity contribution in [3.8, 4) is 0 Å². The van der Waals surface area contributed by atoms with Gasteiger partial charge < -0.3 is 29.3 Å². The first-order valence-corrected chi connectivity index (χ1v) is 18.2. The Morgan fingerprint density at radius 3 is 2.39 bits per heavy atom. The van der Waals surface area contributed by atoms with Crippen molar-refractivity contribution < 1.29 is 33.8 Å². The number of carbonyl (C=O) groups excluding carboxylic acids is 4. The van der Waals surface area contributed by atoms with Gasteiger partial charge in [0.1, 0.15) is 17.7 Å². The first-order chi connectivity index (χ1) is 24.4. The van der Waals surface area contributed by atoms with Crippen molar-refractivity contribution in [2.24, 2.45) is 17.8 Å². The Labute approximate surface area is 306 Å². The van der Waals surface area contributed by atoms with E-state index in [2.05, 4.69) is 13.2 Å². The lowest BCUT2D eigenvalue weighted by atomic mass is 9.70. The van der Waals surface area contributed by atoms with Gasteiger partial charge in [-0.1, -0.05) is 67.9 Å². The van der Waals surface area contributed by atoms with Crippen molar-refractivity contribution in [2.75, 3.05) is 25.1 Å². The minimum atomic E-state index is -1.32. The number of amides is 3. The summed E-state index contributed by atoms with van der Waals surface area (Å²) in [5.41, 5.74) is -0.0477. The van der Waals surface area contributed by atoms with Crippen LogP contribution in [0, 0.1) is 17.8 Å². The zero-order chi connectivity index (χ0) is 37.0. The lowest BCUT2D eigenvalue weighted by Crippen LogP contribution is -2.59. The zero-order valence-corrected chi connectivity index (χ0v) is 30.7. The molecule has 0 unspecified atom stereocenters. The van der Waals surface area contributed by atoms with Crippen LogP contribution in [0.3, 0.4) is 0 Å². The van der Waals surface area contributed by atoms with Gasteiger partial charge in [-0.05, 0) is 68.4 Å². The van der Waals surface area contributed by atoms with Gasteiger partial charge in [0.25, 0.3) is 5.91 Å². The van der Waals surface area contributed by atoms with E-state index in [9.17, 15) is 24.3 Å². The standard InChI is InChI=1S/C40H50ClN3O7/c1-7-9-15-32(46)42(6)26(5)35(27-13-11-10-12-14-27)50-39(49)33-31-20-21-40(51-31)34(33)37(47)44(30(24-45)23-25(3)4)36(40)38(48)43(22-8-2)29-18-16-28(41)17-19-29/h7-8,10-14,16-19,25-26,30-31,33-36,45H,1-2,9,15,20-24H2,3-6H3/t26-,30-,31-,33+,34+,35+,36-,40+/m1/s1. The van der Waals surface area contributed by atoms with Crippen LogP contribution in [0.5, 0.6) is 0 Å². The summed E-state index contributed by atoms with van der Waals surface area (Å²) in [6, 6.07) is 13.7. The van der Waals surface area contributed by atoms with Crippen molar-refractivity contribution in [3.63, 3.8) is 0 Å². The molecule has 3 amide bonds. The van der Waals surface area contributed by atoms with Crippen LogP contribution in [0.15, 0.2) is 79.9 Å². The van der Waals surface area contributed by atoms with E-state index >= 15 is 0 Å². The maximum atomic E-state index is 14.9. The average Bonchev–Trinajstić information content (AvgIpc) is 3.78. The Bertz CT molecular complexity index is 1600. The van der Waals surface area contributed by atoms with Crippen LogP contribution in [-0.2, 0) is 28.7 Å². The molecule has 1 N–H and O–H groups in total. The fraction of sp³-hybridized carbons (Fsp3) is 0.500. The van der Waals surface area contributed by atoms with Gasteiger partial charge in [0.05, 0.1) is 36.6 Å². The number of halogens is 1. The average molecular weight is 720 g/mol. The summed E-state index contributed by atoms with van der Waals surface area (Å²) < 4.78 is 13.0. The second-order valence-electron chi connectivity index (χ2n) is 14.3. The molecule has 0 aromatic heterocycles. The Hall–Kier alpha value is -3.99. The maximum Gasteiger partial charge on any atom is 0.313 e. The number of aliphatic hydroxyl groups is 1. The number of carbonyl (C=O) groups is 4. The zero-order valence-electron chi connectivity index (χ0n) is 29.9. The monoisotopic (exact) mass is 719 g/mol. The van der Waals surface area contributed by atoms with Gasteiger partial charge in [-0.25, -0.2) is 0 Å². The number of rotatable bonds is 16. The molecule has 3 saturated heterocycles. The molecule has 3 fully saturated rings. The highest BCUT2D eigenvalue weighted by Gasteiger charge is 2.75. The minimum Gasteiger partial charge on any atom is -0.455 e. The first kappa shape index (κ1) is 38.2. The van der Waals surface area contributed by atoms with Gasteiger partial charge in [-0.2, -0.15) is 0 Å². The third kappa shape index (κ3) is 7.36. The molecule has 2 aromatic carbocycles. The van der Waals surface area contributed by atoms with E-state index in [1.165, 1.54) is 4.90 Å². The lowest BCUT2D eigenvalue weighted by Gasteiger charge is -2.39. The first-order valence-electron chi connectivity index (χ1n) is 17.8. The highest BCUT2D eigenvalue weighted by atomic mass is 35.5. The number of nitrogens with zero attached hydrogens (tertiary/aromatic N) is 3. The van der Waals surface area contributed by atoms with Crippen molar-refractivity contribution in [1.82, 2.24) is 9.80 Å². The molecule has 0 radical (unpaired) electrons. The molecular weight excluding hydrogens is 670 g/mol. The molecule has 2 bridgehead atoms. The number of fused-ring (bicyclic) bond motifs is 1. The number of hydrogen-bond acceptors (Lipinski definition) is 7. The molecule has 274 valence electrons. The fourth-order valence-corrected chi connectivity index (χ4v) is 8.32. The number of aliphatic hydroxyl groups excluding tert-OH is 1. The van der Waals surface area contributed by atoms with E-state index in [4.69, 9.17) is 21.1 Å². The number of hydrogen-bond donors (Lipinski definition) is 1. The molecule has 0 aliphatic carbocycles. The van der Waals surface area contributed by atoms with Crippen molar-refractivity contribution in [2.45, 2.75) is 88.8 Å².